The highest BCUT2D eigenvalue weighted by Crippen LogP contribution is 2.52. The van der Waals surface area contributed by atoms with Gasteiger partial charge in [-0.15, -0.1) is 0 Å². The number of nitrogens with two attached hydrogens (primary N) is 2. The molecule has 6 rings (SSSR count). The molecule has 0 aromatic carbocycles. The fourth-order valence-electron chi connectivity index (χ4n) is 9.01. The Balaban J connectivity index is 0.000000258. The summed E-state index contributed by atoms with van der Waals surface area (Å²) in [5.74, 6) is -3.18. The highest BCUT2D eigenvalue weighted by molar-refractivity contribution is 7.99. The lowest BCUT2D eigenvalue weighted by atomic mass is 9.81. The number of ether oxygens (including phenoxy) is 4. The number of carbonyl (C=O) groups is 6. The molecule has 19 heteroatoms. The van der Waals surface area contributed by atoms with Crippen molar-refractivity contribution in [3.63, 3.8) is 0 Å². The minimum Gasteiger partial charge on any atom is -0.480 e. The zero-order valence-corrected chi connectivity index (χ0v) is 38.3. The van der Waals surface area contributed by atoms with E-state index in [0.717, 1.165) is 51.4 Å². The van der Waals surface area contributed by atoms with E-state index in [1.54, 1.807) is 0 Å². The summed E-state index contributed by atoms with van der Waals surface area (Å²) in [6, 6.07) is -2.79. The van der Waals surface area contributed by atoms with E-state index >= 15 is 0 Å². The SMILES string of the molecule is C/C1=C\CC[C@@]2(C)O[C@H]2[C@H]2OC(=O)[C@@H](CSC[C@H](N)C(=O)O)[C@@H]2CC1.C=C(CCC(N)C(=O)O)N[C@@H](CSCC1C(=O)O[C@H]2C1CC/C(C)=C/CC[C@@]1(C)O[C@@H]21)C(=O)NCC(=O)O. The van der Waals surface area contributed by atoms with Gasteiger partial charge >= 0.3 is 29.8 Å². The second kappa shape index (κ2) is 22.0. The standard InChI is InChI=1S/C26H39N3O8S.C18H27NO5S/c1-14-5-4-10-26(3)22(37-26)21-16(8-6-14)17(25(35)36-21)12-38-13-19(23(32)28-11-20(30)31)29-15(2)7-9-18(27)24(33)34;1-10-4-3-7-18(2)15(24-18)14-11(6-5-10)12(17(22)23-14)8-25-9-13(19)16(20)21/h5,16-19,21-22,29H,2,4,6-13,27H2,1,3H3,(H,28,32)(H,30,31)(H,33,34);4,11-15H,3,5-9,19H2,1-2H3,(H,20,21)/b14-5+;10-4+/t16?,17?,18?,19-,21-,22-,26+;11-,12-,13-,14-,15-,18+/m00/s1. The summed E-state index contributed by atoms with van der Waals surface area (Å²) in [7, 11) is 0. The van der Waals surface area contributed by atoms with Gasteiger partial charge in [0.1, 0.15) is 49.1 Å². The normalized spacial score (nSPS) is 35.1. The molecule has 0 aromatic rings. The molecule has 0 bridgehead atoms. The van der Waals surface area contributed by atoms with Gasteiger partial charge < -0.3 is 56.4 Å². The Labute approximate surface area is 377 Å². The summed E-state index contributed by atoms with van der Waals surface area (Å²) in [5, 5.41) is 32.1. The van der Waals surface area contributed by atoms with Gasteiger partial charge in [0.05, 0.1) is 23.0 Å². The van der Waals surface area contributed by atoms with Crippen LogP contribution in [0.5, 0.6) is 0 Å². The van der Waals surface area contributed by atoms with Crippen LogP contribution in [0.25, 0.3) is 0 Å². The van der Waals surface area contributed by atoms with E-state index < -0.39 is 48.5 Å². The maximum Gasteiger partial charge on any atom is 0.322 e. The molecule has 6 aliphatic rings. The molecule has 0 radical (unpaired) electrons. The molecule has 1 amide bonds. The van der Waals surface area contributed by atoms with Crippen molar-refractivity contribution in [1.29, 1.82) is 0 Å². The van der Waals surface area contributed by atoms with E-state index in [2.05, 4.69) is 57.1 Å². The van der Waals surface area contributed by atoms with Crippen LogP contribution in [0.1, 0.15) is 91.9 Å². The number of fused-ring (bicyclic) bond motifs is 6. The van der Waals surface area contributed by atoms with E-state index in [-0.39, 0.29) is 89.8 Å². The van der Waals surface area contributed by atoms with Crippen molar-refractivity contribution < 1.29 is 63.0 Å². The van der Waals surface area contributed by atoms with Crippen molar-refractivity contribution in [3.05, 3.63) is 35.6 Å². The van der Waals surface area contributed by atoms with E-state index in [9.17, 15) is 28.8 Å². The summed E-state index contributed by atoms with van der Waals surface area (Å²) in [6.45, 7) is 11.7. The van der Waals surface area contributed by atoms with Crippen molar-refractivity contribution in [2.45, 2.75) is 146 Å². The first-order chi connectivity index (χ1) is 29.7. The van der Waals surface area contributed by atoms with E-state index in [0.29, 0.717) is 23.0 Å². The van der Waals surface area contributed by atoms with E-state index in [1.165, 1.54) is 34.7 Å². The number of thioether (sulfide) groups is 2. The summed E-state index contributed by atoms with van der Waals surface area (Å²) in [5.41, 5.74) is 13.7. The van der Waals surface area contributed by atoms with Gasteiger partial charge in [-0.25, -0.2) is 0 Å². The predicted molar refractivity (Wildman–Crippen MR) is 237 cm³/mol. The maximum absolute atomic E-state index is 12.9. The zero-order chi connectivity index (χ0) is 46.2. The van der Waals surface area contributed by atoms with Crippen molar-refractivity contribution in [2.75, 3.05) is 29.6 Å². The van der Waals surface area contributed by atoms with Gasteiger partial charge in [-0.2, -0.15) is 23.5 Å². The number of allylic oxidation sites excluding steroid dienone is 5. The van der Waals surface area contributed by atoms with Crippen LogP contribution < -0.4 is 22.1 Å². The molecule has 4 fully saturated rings. The highest BCUT2D eigenvalue weighted by Gasteiger charge is 2.63. The minimum atomic E-state index is -1.18. The number of aliphatic carboxylic acids is 3. The molecule has 13 atom stereocenters. The molecule has 4 aliphatic heterocycles. The van der Waals surface area contributed by atoms with Gasteiger partial charge in [0.25, 0.3) is 0 Å². The number of rotatable bonds is 18. The third-order valence-electron chi connectivity index (χ3n) is 13.2. The number of carboxylic acids is 3. The van der Waals surface area contributed by atoms with Gasteiger partial charge in [0, 0.05) is 40.5 Å². The summed E-state index contributed by atoms with van der Waals surface area (Å²) in [4.78, 5) is 70.8. The summed E-state index contributed by atoms with van der Waals surface area (Å²) < 4.78 is 23.5. The number of hydrogen-bond acceptors (Lipinski definition) is 15. The first kappa shape index (κ1) is 50.4. The molecular formula is C44H66N4O13S2. The molecule has 4 saturated heterocycles. The number of nitrogens with one attached hydrogen (secondary N) is 2. The first-order valence-corrected chi connectivity index (χ1v) is 24.2. The van der Waals surface area contributed by atoms with Crippen LogP contribution in [0.2, 0.25) is 0 Å². The van der Waals surface area contributed by atoms with Crippen molar-refractivity contribution in [1.82, 2.24) is 10.6 Å². The van der Waals surface area contributed by atoms with Crippen molar-refractivity contribution >= 4 is 59.3 Å². The fraction of sp³-hybridized carbons (Fsp3) is 0.727. The van der Waals surface area contributed by atoms with Crippen LogP contribution in [0.3, 0.4) is 0 Å². The summed E-state index contributed by atoms with van der Waals surface area (Å²) >= 11 is 2.82. The van der Waals surface area contributed by atoms with Crippen LogP contribution in [-0.2, 0) is 47.7 Å². The average Bonchev–Trinajstić information content (AvgIpc) is 4.01. The minimum absolute atomic E-state index is 0.00277. The average molecular weight is 923 g/mol. The quantitative estimate of drug-likeness (QED) is 0.0589. The monoisotopic (exact) mass is 922 g/mol. The fourth-order valence-corrected chi connectivity index (χ4v) is 11.4. The van der Waals surface area contributed by atoms with Crippen LogP contribution in [-0.4, -0.2) is 134 Å². The van der Waals surface area contributed by atoms with Crippen LogP contribution in [0.4, 0.5) is 0 Å². The molecule has 0 spiro atoms. The lowest BCUT2D eigenvalue weighted by molar-refractivity contribution is -0.145. The smallest absolute Gasteiger partial charge is 0.322 e. The van der Waals surface area contributed by atoms with Crippen LogP contribution in [0.15, 0.2) is 35.6 Å². The van der Waals surface area contributed by atoms with Gasteiger partial charge in [0.2, 0.25) is 5.91 Å². The van der Waals surface area contributed by atoms with Gasteiger partial charge in [-0.05, 0) is 91.9 Å². The largest absolute Gasteiger partial charge is 0.480 e. The lowest BCUT2D eigenvalue weighted by Gasteiger charge is -2.23. The predicted octanol–water partition coefficient (Wildman–Crippen LogP) is 3.39. The molecule has 352 valence electrons. The van der Waals surface area contributed by atoms with Gasteiger partial charge in [-0.1, -0.05) is 29.9 Å². The molecular weight excluding hydrogens is 857 g/mol. The number of carbonyl (C=O) groups excluding carboxylic acids is 3. The molecule has 63 heavy (non-hydrogen) atoms. The van der Waals surface area contributed by atoms with Crippen molar-refractivity contribution in [2.24, 2.45) is 35.1 Å². The molecule has 4 heterocycles. The number of amides is 1. The second-order valence-electron chi connectivity index (χ2n) is 18.2. The Kier molecular flexibility index (Phi) is 17.6. The molecule has 0 aromatic heterocycles. The Morgan fingerprint density at radius 2 is 1.29 bits per heavy atom. The lowest BCUT2D eigenvalue weighted by Crippen LogP contribution is -2.47. The number of carboxylic acid groups (broad SMARTS) is 3. The number of esters is 2. The number of epoxide rings is 2. The Morgan fingerprint density at radius 3 is 1.75 bits per heavy atom. The third-order valence-corrected chi connectivity index (χ3v) is 15.5. The number of hydrogen-bond donors (Lipinski definition) is 7. The highest BCUT2D eigenvalue weighted by atomic mass is 32.2. The van der Waals surface area contributed by atoms with Crippen LogP contribution in [0, 0.1) is 23.7 Å². The van der Waals surface area contributed by atoms with E-state index in [1.807, 2.05) is 0 Å². The Morgan fingerprint density at radius 1 is 0.810 bits per heavy atom. The maximum atomic E-state index is 12.9. The van der Waals surface area contributed by atoms with E-state index in [4.69, 9.17) is 45.7 Å². The topological polar surface area (TPSA) is 283 Å². The third kappa shape index (κ3) is 13.7. The molecule has 17 nitrogen and oxygen atoms in total. The first-order valence-electron chi connectivity index (χ1n) is 21.9. The molecule has 3 unspecified atom stereocenters. The summed E-state index contributed by atoms with van der Waals surface area (Å²) in [6.07, 6.45) is 11.6. The van der Waals surface area contributed by atoms with Crippen LogP contribution >= 0.6 is 23.5 Å². The Hall–Kier alpha value is -3.62. The molecule has 0 saturated carbocycles. The molecule has 9 N–H and O–H groups in total. The second-order valence-corrected chi connectivity index (χ2v) is 20.4. The molecule has 2 aliphatic carbocycles. The van der Waals surface area contributed by atoms with Gasteiger partial charge in [-0.3, -0.25) is 28.8 Å². The van der Waals surface area contributed by atoms with Gasteiger partial charge in [0.15, 0.2) is 0 Å². The zero-order valence-electron chi connectivity index (χ0n) is 36.7. The van der Waals surface area contributed by atoms with Crippen molar-refractivity contribution in [3.8, 4) is 0 Å². The Bertz CT molecular complexity index is 1800.